The zero-order valence-electron chi connectivity index (χ0n) is 16.1. The molecule has 0 amide bonds. The average molecular weight is 520 g/mol. The molecule has 1 aromatic rings. The van der Waals surface area contributed by atoms with Gasteiger partial charge in [0, 0.05) is 23.2 Å². The normalized spacial score (nSPS) is 35.4. The van der Waals surface area contributed by atoms with E-state index in [0.717, 1.165) is 12.8 Å². The summed E-state index contributed by atoms with van der Waals surface area (Å²) < 4.78 is 36.6. The summed E-state index contributed by atoms with van der Waals surface area (Å²) >= 11 is 2.39. The minimum Gasteiger partial charge on any atom is -0.456 e. The van der Waals surface area contributed by atoms with Gasteiger partial charge in [-0.2, -0.15) is 0 Å². The maximum absolute atomic E-state index is 13.0. The fourth-order valence-electron chi connectivity index (χ4n) is 5.66. The first-order valence-corrected chi connectivity index (χ1v) is 10.8. The Morgan fingerprint density at radius 1 is 1.14 bits per heavy atom. The molecule has 0 spiro atoms. The van der Waals surface area contributed by atoms with E-state index < -0.39 is 35.7 Å². The van der Waals surface area contributed by atoms with Crippen molar-refractivity contribution < 1.29 is 33.0 Å². The minimum absolute atomic E-state index is 0.0119. The van der Waals surface area contributed by atoms with Crippen molar-refractivity contribution in [3.8, 4) is 0 Å². The monoisotopic (exact) mass is 520 g/mol. The van der Waals surface area contributed by atoms with Gasteiger partial charge in [-0.15, -0.1) is 0 Å². The molecule has 4 aliphatic carbocycles. The number of benzene rings is 1. The number of hydrogen-bond acceptors (Lipinski definition) is 5. The lowest BCUT2D eigenvalue weighted by Crippen LogP contribution is -2.65. The molecule has 4 bridgehead atoms. The van der Waals surface area contributed by atoms with Gasteiger partial charge in [0.05, 0.1) is 16.7 Å². The van der Waals surface area contributed by atoms with Gasteiger partial charge in [-0.3, -0.25) is 0 Å². The highest BCUT2D eigenvalue weighted by molar-refractivity contribution is 14.1. The van der Waals surface area contributed by atoms with E-state index in [1.807, 2.05) is 0 Å². The predicted molar refractivity (Wildman–Crippen MR) is 108 cm³/mol. The first kappa shape index (κ1) is 21.0. The van der Waals surface area contributed by atoms with Crippen LogP contribution in [0.5, 0.6) is 0 Å². The van der Waals surface area contributed by atoms with Crippen LogP contribution < -0.4 is 0 Å². The molecule has 8 heteroatoms. The van der Waals surface area contributed by atoms with Gasteiger partial charge in [-0.1, -0.05) is 34.7 Å². The number of carbonyl (C=O) groups is 2. The first-order valence-electron chi connectivity index (χ1n) is 9.69. The smallest absolute Gasteiger partial charge is 0.339 e. The van der Waals surface area contributed by atoms with Gasteiger partial charge in [0.2, 0.25) is 0 Å². The lowest BCUT2D eigenvalue weighted by Gasteiger charge is -2.62. The van der Waals surface area contributed by atoms with E-state index in [1.54, 1.807) is 6.07 Å². The molecule has 0 aliphatic heterocycles. The van der Waals surface area contributed by atoms with Crippen LogP contribution in [0.3, 0.4) is 0 Å². The Kier molecular flexibility index (Phi) is 4.96. The van der Waals surface area contributed by atoms with Crippen LogP contribution in [-0.2, 0) is 9.47 Å². The summed E-state index contributed by atoms with van der Waals surface area (Å²) in [4.78, 5) is 25.3. The molecular formula is C21H23F2IO5. The van der Waals surface area contributed by atoms with Crippen molar-refractivity contribution in [1.29, 1.82) is 0 Å². The van der Waals surface area contributed by atoms with Crippen molar-refractivity contribution in [2.75, 3.05) is 6.61 Å². The third-order valence-corrected chi connectivity index (χ3v) is 7.26. The van der Waals surface area contributed by atoms with Crippen LogP contribution in [0.2, 0.25) is 0 Å². The molecule has 5 nitrogen and oxygen atoms in total. The van der Waals surface area contributed by atoms with Crippen LogP contribution in [-0.4, -0.2) is 44.2 Å². The number of esters is 2. The van der Waals surface area contributed by atoms with E-state index in [1.165, 1.54) is 18.2 Å². The van der Waals surface area contributed by atoms with Gasteiger partial charge in [0.25, 0.3) is 5.92 Å². The SMILES string of the molecule is CC(F)(F)COC(=O)c1ccccc1C(=O)OC12CC3CC(O)(CC(I)(C3)C1)C2. The third-order valence-electron chi connectivity index (χ3n) is 6.05. The van der Waals surface area contributed by atoms with Crippen molar-refractivity contribution in [3.05, 3.63) is 35.4 Å². The van der Waals surface area contributed by atoms with Crippen LogP contribution in [0.25, 0.3) is 0 Å². The first-order chi connectivity index (χ1) is 13.4. The number of ether oxygens (including phenoxy) is 2. The lowest BCUT2D eigenvalue weighted by atomic mass is 9.52. The van der Waals surface area contributed by atoms with Crippen LogP contribution in [0.15, 0.2) is 24.3 Å². The fourth-order valence-corrected chi connectivity index (χ4v) is 7.69. The van der Waals surface area contributed by atoms with E-state index >= 15 is 0 Å². The number of rotatable bonds is 5. The largest absolute Gasteiger partial charge is 0.456 e. The third kappa shape index (κ3) is 4.28. The Labute approximate surface area is 181 Å². The molecule has 4 saturated carbocycles. The molecule has 0 radical (unpaired) electrons. The Balaban J connectivity index is 1.55. The van der Waals surface area contributed by atoms with E-state index in [2.05, 4.69) is 27.3 Å². The van der Waals surface area contributed by atoms with Crippen molar-refractivity contribution >= 4 is 34.5 Å². The standard InChI is InChI=1S/C21H23F2IO5/c1-18(22,23)12-28-16(25)14-4-2-3-5-15(14)17(26)29-21-8-13-6-19(24,10-21)9-20(27,7-13)11-21/h2-5,13,27H,6-12H2,1H3. The summed E-state index contributed by atoms with van der Waals surface area (Å²) in [5, 5.41) is 11.0. The van der Waals surface area contributed by atoms with Crippen molar-refractivity contribution in [1.82, 2.24) is 0 Å². The average Bonchev–Trinajstić information content (AvgIpc) is 2.55. The predicted octanol–water partition coefficient (Wildman–Crippen LogP) is 4.30. The van der Waals surface area contributed by atoms with Crippen molar-refractivity contribution in [3.63, 3.8) is 0 Å². The highest BCUT2D eigenvalue weighted by Gasteiger charge is 2.64. The summed E-state index contributed by atoms with van der Waals surface area (Å²) in [6.07, 6.45) is 4.18. The molecule has 5 rings (SSSR count). The van der Waals surface area contributed by atoms with Crippen LogP contribution in [0.1, 0.15) is 66.2 Å². The molecule has 4 fully saturated rings. The molecule has 29 heavy (non-hydrogen) atoms. The molecular weight excluding hydrogens is 497 g/mol. The number of aliphatic hydroxyl groups is 1. The molecule has 1 aromatic carbocycles. The minimum atomic E-state index is -3.16. The van der Waals surface area contributed by atoms with E-state index in [-0.39, 0.29) is 14.5 Å². The molecule has 4 aliphatic rings. The maximum Gasteiger partial charge on any atom is 0.339 e. The number of halogens is 3. The molecule has 4 unspecified atom stereocenters. The summed E-state index contributed by atoms with van der Waals surface area (Å²) in [7, 11) is 0. The summed E-state index contributed by atoms with van der Waals surface area (Å²) in [5.74, 6) is -4.54. The Morgan fingerprint density at radius 2 is 1.79 bits per heavy atom. The summed E-state index contributed by atoms with van der Waals surface area (Å²) in [6.45, 7) is -0.413. The number of hydrogen-bond donors (Lipinski definition) is 1. The van der Waals surface area contributed by atoms with Crippen molar-refractivity contribution in [2.45, 2.75) is 66.0 Å². The Morgan fingerprint density at radius 3 is 2.38 bits per heavy atom. The second kappa shape index (κ2) is 6.87. The van der Waals surface area contributed by atoms with Crippen molar-refractivity contribution in [2.24, 2.45) is 5.92 Å². The van der Waals surface area contributed by atoms with Gasteiger partial charge in [0.15, 0.2) is 6.61 Å². The fraction of sp³-hybridized carbons (Fsp3) is 0.619. The van der Waals surface area contributed by atoms with Gasteiger partial charge in [-0.25, -0.2) is 18.4 Å². The second-order valence-electron chi connectivity index (χ2n) is 9.15. The van der Waals surface area contributed by atoms with Crippen LogP contribution >= 0.6 is 22.6 Å². The zero-order valence-corrected chi connectivity index (χ0v) is 18.2. The van der Waals surface area contributed by atoms with Gasteiger partial charge < -0.3 is 14.6 Å². The lowest BCUT2D eigenvalue weighted by molar-refractivity contribution is -0.187. The quantitative estimate of drug-likeness (QED) is 0.356. The molecule has 0 saturated heterocycles. The molecule has 4 atom stereocenters. The topological polar surface area (TPSA) is 72.8 Å². The Hall–Kier alpha value is -1.29. The highest BCUT2D eigenvalue weighted by Crippen LogP contribution is 2.63. The maximum atomic E-state index is 13.0. The zero-order chi connectivity index (χ0) is 21.1. The van der Waals surface area contributed by atoms with E-state index in [4.69, 9.17) is 4.74 Å². The van der Waals surface area contributed by atoms with Crippen LogP contribution in [0.4, 0.5) is 8.78 Å². The number of carbonyl (C=O) groups excluding carboxylic acids is 2. The second-order valence-corrected chi connectivity index (χ2v) is 11.4. The number of alkyl halides is 3. The van der Waals surface area contributed by atoms with Gasteiger partial charge in [0.1, 0.15) is 5.60 Å². The molecule has 0 aromatic heterocycles. The molecule has 0 heterocycles. The summed E-state index contributed by atoms with van der Waals surface area (Å²) in [5.41, 5.74) is -1.71. The molecule has 158 valence electrons. The summed E-state index contributed by atoms with van der Waals surface area (Å²) in [6, 6.07) is 5.90. The van der Waals surface area contributed by atoms with E-state index in [0.29, 0.717) is 38.5 Å². The highest BCUT2D eigenvalue weighted by atomic mass is 127. The Bertz CT molecular complexity index is 834. The molecule has 1 N–H and O–H groups in total. The van der Waals surface area contributed by atoms with Crippen LogP contribution in [0, 0.1) is 5.92 Å². The van der Waals surface area contributed by atoms with Gasteiger partial charge >= 0.3 is 11.9 Å². The van der Waals surface area contributed by atoms with Gasteiger partial charge in [-0.05, 0) is 43.7 Å². The van der Waals surface area contributed by atoms with E-state index in [9.17, 15) is 23.5 Å².